The molecule has 0 bridgehead atoms. The van der Waals surface area contributed by atoms with Crippen LogP contribution in [0.3, 0.4) is 0 Å². The zero-order chi connectivity index (χ0) is 22.3. The topological polar surface area (TPSA) is 94.2 Å². The highest BCUT2D eigenvalue weighted by Gasteiger charge is 2.23. The van der Waals surface area contributed by atoms with Crippen molar-refractivity contribution in [2.75, 3.05) is 37.9 Å². The summed E-state index contributed by atoms with van der Waals surface area (Å²) >= 11 is 0. The number of benzene rings is 2. The number of anilines is 1. The van der Waals surface area contributed by atoms with E-state index in [9.17, 15) is 13.2 Å². The lowest BCUT2D eigenvalue weighted by Crippen LogP contribution is -2.44. The van der Waals surface area contributed by atoms with Crippen LogP contribution >= 0.6 is 0 Å². The summed E-state index contributed by atoms with van der Waals surface area (Å²) < 4.78 is 41.8. The molecule has 0 aromatic heterocycles. The van der Waals surface area contributed by atoms with Crippen LogP contribution in [-0.4, -0.2) is 54.0 Å². The van der Waals surface area contributed by atoms with Crippen molar-refractivity contribution >= 4 is 21.6 Å². The first-order chi connectivity index (χ1) is 14.2. The molecule has 30 heavy (non-hydrogen) atoms. The summed E-state index contributed by atoms with van der Waals surface area (Å²) in [4.78, 5) is 12.5. The van der Waals surface area contributed by atoms with E-state index in [4.69, 9.17) is 14.2 Å². The third-order valence-electron chi connectivity index (χ3n) is 4.33. The van der Waals surface area contributed by atoms with Crippen molar-refractivity contribution in [2.45, 2.75) is 19.9 Å². The van der Waals surface area contributed by atoms with Gasteiger partial charge in [-0.1, -0.05) is 18.2 Å². The molecule has 0 spiro atoms. The van der Waals surface area contributed by atoms with Gasteiger partial charge < -0.3 is 19.5 Å². The number of hydrogen-bond donors (Lipinski definition) is 1. The van der Waals surface area contributed by atoms with Crippen molar-refractivity contribution in [1.82, 2.24) is 5.32 Å². The largest absolute Gasteiger partial charge is 0.493 e. The standard InChI is InChI=1S/C21H28N2O6S/c1-15-8-6-7-9-18(15)29-14-16(2)22-21(24)13-23(30(5,25)26)17-10-11-19(27-3)20(12-17)28-4/h6-12,16H,13-14H2,1-5H3,(H,22,24)/t16-/m1/s1. The van der Waals surface area contributed by atoms with Crippen molar-refractivity contribution < 1.29 is 27.4 Å². The molecule has 0 aliphatic carbocycles. The van der Waals surface area contributed by atoms with Crippen LogP contribution in [0.5, 0.6) is 17.2 Å². The van der Waals surface area contributed by atoms with Gasteiger partial charge in [0.1, 0.15) is 18.9 Å². The monoisotopic (exact) mass is 436 g/mol. The smallest absolute Gasteiger partial charge is 0.241 e. The fourth-order valence-corrected chi connectivity index (χ4v) is 3.65. The molecule has 8 nitrogen and oxygen atoms in total. The van der Waals surface area contributed by atoms with Crippen molar-refractivity contribution in [3.05, 3.63) is 48.0 Å². The van der Waals surface area contributed by atoms with Gasteiger partial charge in [-0.3, -0.25) is 9.10 Å². The molecule has 0 aliphatic heterocycles. The molecule has 2 aromatic carbocycles. The number of nitrogens with zero attached hydrogens (tertiary/aromatic N) is 1. The first-order valence-electron chi connectivity index (χ1n) is 9.33. The summed E-state index contributed by atoms with van der Waals surface area (Å²) in [6.45, 7) is 3.61. The second-order valence-electron chi connectivity index (χ2n) is 6.85. The van der Waals surface area contributed by atoms with E-state index >= 15 is 0 Å². The second kappa shape index (κ2) is 10.2. The van der Waals surface area contributed by atoms with Crippen LogP contribution in [0.2, 0.25) is 0 Å². The molecule has 0 heterocycles. The van der Waals surface area contributed by atoms with Gasteiger partial charge in [-0.05, 0) is 37.6 Å². The lowest BCUT2D eigenvalue weighted by atomic mass is 10.2. The van der Waals surface area contributed by atoms with E-state index in [1.54, 1.807) is 19.1 Å². The molecule has 9 heteroatoms. The summed E-state index contributed by atoms with van der Waals surface area (Å²) in [6.07, 6.45) is 1.04. The number of ether oxygens (including phenoxy) is 3. The van der Waals surface area contributed by atoms with E-state index in [0.717, 1.165) is 21.9 Å². The fourth-order valence-electron chi connectivity index (χ4n) is 2.81. The molecule has 1 atom stereocenters. The van der Waals surface area contributed by atoms with Crippen LogP contribution < -0.4 is 23.8 Å². The molecule has 0 saturated carbocycles. The first kappa shape index (κ1) is 23.3. The lowest BCUT2D eigenvalue weighted by molar-refractivity contribution is -0.120. The number of para-hydroxylation sites is 1. The van der Waals surface area contributed by atoms with Crippen molar-refractivity contribution in [2.24, 2.45) is 0 Å². The molecule has 1 amide bonds. The van der Waals surface area contributed by atoms with E-state index in [1.807, 2.05) is 31.2 Å². The van der Waals surface area contributed by atoms with Crippen LogP contribution in [-0.2, 0) is 14.8 Å². The van der Waals surface area contributed by atoms with Crippen molar-refractivity contribution in [3.8, 4) is 17.2 Å². The maximum atomic E-state index is 12.5. The number of rotatable bonds is 10. The van der Waals surface area contributed by atoms with Crippen LogP contribution in [0.1, 0.15) is 12.5 Å². The van der Waals surface area contributed by atoms with Gasteiger partial charge in [-0.15, -0.1) is 0 Å². The Morgan fingerprint density at radius 1 is 1.07 bits per heavy atom. The van der Waals surface area contributed by atoms with Crippen LogP contribution in [0.4, 0.5) is 5.69 Å². The Morgan fingerprint density at radius 2 is 1.73 bits per heavy atom. The number of aryl methyl sites for hydroxylation is 1. The highest BCUT2D eigenvalue weighted by Crippen LogP contribution is 2.32. The number of sulfonamides is 1. The predicted octanol–water partition coefficient (Wildman–Crippen LogP) is 2.36. The van der Waals surface area contributed by atoms with Crippen LogP contribution in [0.25, 0.3) is 0 Å². The molecule has 0 fully saturated rings. The zero-order valence-electron chi connectivity index (χ0n) is 17.8. The van der Waals surface area contributed by atoms with E-state index < -0.39 is 15.9 Å². The third kappa shape index (κ3) is 6.28. The highest BCUT2D eigenvalue weighted by molar-refractivity contribution is 7.92. The van der Waals surface area contributed by atoms with Gasteiger partial charge in [-0.2, -0.15) is 0 Å². The van der Waals surface area contributed by atoms with Crippen molar-refractivity contribution in [3.63, 3.8) is 0 Å². The van der Waals surface area contributed by atoms with E-state index in [2.05, 4.69) is 5.32 Å². The minimum atomic E-state index is -3.71. The SMILES string of the molecule is COc1ccc(N(CC(=O)N[C@H](C)COc2ccccc2C)S(C)(=O)=O)cc1OC. The lowest BCUT2D eigenvalue weighted by Gasteiger charge is -2.24. The Hall–Kier alpha value is -2.94. The number of methoxy groups -OCH3 is 2. The molecule has 0 radical (unpaired) electrons. The number of carbonyl (C=O) groups is 1. The molecule has 0 aliphatic rings. The van der Waals surface area contributed by atoms with E-state index in [-0.39, 0.29) is 19.2 Å². The minimum Gasteiger partial charge on any atom is -0.493 e. The summed E-state index contributed by atoms with van der Waals surface area (Å²) in [5.41, 5.74) is 1.29. The van der Waals surface area contributed by atoms with Gasteiger partial charge in [-0.25, -0.2) is 8.42 Å². The Morgan fingerprint density at radius 3 is 2.33 bits per heavy atom. The van der Waals surface area contributed by atoms with Gasteiger partial charge in [0.15, 0.2) is 11.5 Å². The van der Waals surface area contributed by atoms with Gasteiger partial charge in [0.05, 0.1) is 32.2 Å². The van der Waals surface area contributed by atoms with E-state index in [0.29, 0.717) is 17.2 Å². The molecule has 164 valence electrons. The molecule has 2 rings (SSSR count). The number of carbonyl (C=O) groups excluding carboxylic acids is 1. The summed E-state index contributed by atoms with van der Waals surface area (Å²) in [5, 5.41) is 2.77. The molecular formula is C21H28N2O6S. The van der Waals surface area contributed by atoms with Gasteiger partial charge in [0.2, 0.25) is 15.9 Å². The number of amides is 1. The number of nitrogens with one attached hydrogen (secondary N) is 1. The maximum absolute atomic E-state index is 12.5. The van der Waals surface area contributed by atoms with Crippen LogP contribution in [0, 0.1) is 6.92 Å². The maximum Gasteiger partial charge on any atom is 0.241 e. The van der Waals surface area contributed by atoms with Crippen LogP contribution in [0.15, 0.2) is 42.5 Å². The second-order valence-corrected chi connectivity index (χ2v) is 8.76. The van der Waals surface area contributed by atoms with Gasteiger partial charge >= 0.3 is 0 Å². The Kier molecular flexibility index (Phi) is 7.93. The zero-order valence-corrected chi connectivity index (χ0v) is 18.7. The quantitative estimate of drug-likeness (QED) is 0.615. The molecule has 2 aromatic rings. The summed E-state index contributed by atoms with van der Waals surface area (Å²) in [7, 11) is -0.770. The molecule has 0 saturated heterocycles. The molecule has 1 N–H and O–H groups in total. The predicted molar refractivity (Wildman–Crippen MR) is 116 cm³/mol. The third-order valence-corrected chi connectivity index (χ3v) is 5.47. The average molecular weight is 437 g/mol. The Bertz CT molecular complexity index is 977. The summed E-state index contributed by atoms with van der Waals surface area (Å²) in [6, 6.07) is 11.9. The first-order valence-corrected chi connectivity index (χ1v) is 11.2. The Balaban J connectivity index is 2.06. The van der Waals surface area contributed by atoms with Gasteiger partial charge in [0, 0.05) is 6.07 Å². The molecule has 0 unspecified atom stereocenters. The van der Waals surface area contributed by atoms with Crippen molar-refractivity contribution in [1.29, 1.82) is 0 Å². The minimum absolute atomic E-state index is 0.256. The normalized spacial score (nSPS) is 12.0. The highest BCUT2D eigenvalue weighted by atomic mass is 32.2. The average Bonchev–Trinajstić information content (AvgIpc) is 2.70. The number of hydrogen-bond acceptors (Lipinski definition) is 6. The van der Waals surface area contributed by atoms with Gasteiger partial charge in [0.25, 0.3) is 0 Å². The Labute approximate surface area is 177 Å². The fraction of sp³-hybridized carbons (Fsp3) is 0.381. The molecular weight excluding hydrogens is 408 g/mol. The summed E-state index contributed by atoms with van der Waals surface area (Å²) in [5.74, 6) is 1.11. The van der Waals surface area contributed by atoms with E-state index in [1.165, 1.54) is 20.3 Å².